The first-order valence-corrected chi connectivity index (χ1v) is 7.19. The normalized spacial score (nSPS) is 12.4. The van der Waals surface area contributed by atoms with Crippen LogP contribution < -0.4 is 0 Å². The lowest BCUT2D eigenvalue weighted by Gasteiger charge is -2.17. The van der Waals surface area contributed by atoms with E-state index in [1.807, 2.05) is 0 Å². The molecule has 1 atom stereocenters. The Morgan fingerprint density at radius 3 is 2.06 bits per heavy atom. The highest BCUT2D eigenvalue weighted by Gasteiger charge is 2.12. The van der Waals surface area contributed by atoms with E-state index in [1.54, 1.807) is 0 Å². The third kappa shape index (κ3) is 3.32. The predicted molar refractivity (Wildman–Crippen MR) is 82.4 cm³/mol. The van der Waals surface area contributed by atoms with Crippen molar-refractivity contribution in [3.05, 3.63) is 69.3 Å². The van der Waals surface area contributed by atoms with Crippen molar-refractivity contribution in [1.29, 1.82) is 0 Å². The van der Waals surface area contributed by atoms with Crippen LogP contribution in [0.5, 0.6) is 0 Å². The first-order chi connectivity index (χ1) is 8.31. The number of rotatable bonds is 4. The summed E-state index contributed by atoms with van der Waals surface area (Å²) in [5.74, 6) is 0.540. The van der Waals surface area contributed by atoms with Gasteiger partial charge in [-0.05, 0) is 52.3 Å². The molecule has 0 radical (unpaired) electrons. The van der Waals surface area contributed by atoms with E-state index in [4.69, 9.17) is 0 Å². The summed E-state index contributed by atoms with van der Waals surface area (Å²) >= 11 is 2.36. The third-order valence-electron chi connectivity index (χ3n) is 3.05. The fraction of sp³-hybridized carbons (Fsp3) is 0.250. The zero-order chi connectivity index (χ0) is 12.1. The molecule has 2 aromatic rings. The van der Waals surface area contributed by atoms with Crippen molar-refractivity contribution < 1.29 is 0 Å². The second-order valence-corrected chi connectivity index (χ2v) is 5.55. The molecule has 0 aliphatic carbocycles. The van der Waals surface area contributed by atoms with Crippen LogP contribution in [0.1, 0.15) is 36.8 Å². The molecule has 0 bridgehead atoms. The van der Waals surface area contributed by atoms with Gasteiger partial charge in [-0.15, -0.1) is 0 Å². The molecule has 0 saturated heterocycles. The van der Waals surface area contributed by atoms with E-state index in [0.717, 1.165) is 0 Å². The molecular weight excluding hydrogens is 319 g/mol. The zero-order valence-corrected chi connectivity index (χ0v) is 12.2. The maximum atomic E-state index is 2.36. The maximum absolute atomic E-state index is 2.36. The Morgan fingerprint density at radius 2 is 1.47 bits per heavy atom. The fourth-order valence-corrected chi connectivity index (χ4v) is 2.55. The summed E-state index contributed by atoms with van der Waals surface area (Å²) in [6, 6.07) is 19.7. The largest absolute Gasteiger partial charge is 0.0653 e. The van der Waals surface area contributed by atoms with Crippen LogP contribution in [-0.4, -0.2) is 0 Å². The van der Waals surface area contributed by atoms with Crippen molar-refractivity contribution in [2.45, 2.75) is 25.7 Å². The van der Waals surface area contributed by atoms with Crippen LogP contribution in [0, 0.1) is 3.57 Å². The van der Waals surface area contributed by atoms with Crippen LogP contribution in [0.25, 0.3) is 0 Å². The molecule has 0 spiro atoms. The summed E-state index contributed by atoms with van der Waals surface area (Å²) in [7, 11) is 0. The minimum Gasteiger partial charge on any atom is -0.0653 e. The Kier molecular flexibility index (Phi) is 4.60. The van der Waals surface area contributed by atoms with Gasteiger partial charge >= 0.3 is 0 Å². The molecule has 0 aliphatic rings. The topological polar surface area (TPSA) is 0 Å². The van der Waals surface area contributed by atoms with Crippen molar-refractivity contribution in [2.75, 3.05) is 0 Å². The van der Waals surface area contributed by atoms with Crippen LogP contribution in [0.4, 0.5) is 0 Å². The third-order valence-corrected chi connectivity index (χ3v) is 3.77. The highest BCUT2D eigenvalue weighted by atomic mass is 127. The van der Waals surface area contributed by atoms with Gasteiger partial charge < -0.3 is 0 Å². The average Bonchev–Trinajstić information content (AvgIpc) is 2.38. The standard InChI is InChI=1S/C16H17I/c1-2-6-16(13-7-4-3-5-8-13)14-9-11-15(17)12-10-14/h3-5,7-12,16H,2,6H2,1H3. The molecule has 0 N–H and O–H groups in total. The highest BCUT2D eigenvalue weighted by molar-refractivity contribution is 14.1. The minimum atomic E-state index is 0.540. The summed E-state index contributed by atoms with van der Waals surface area (Å²) in [4.78, 5) is 0. The van der Waals surface area contributed by atoms with Gasteiger partial charge in [0.1, 0.15) is 0 Å². The molecule has 0 aromatic heterocycles. The smallest absolute Gasteiger partial charge is 0.0130 e. The molecular formula is C16H17I. The lowest BCUT2D eigenvalue weighted by Crippen LogP contribution is -2.00. The van der Waals surface area contributed by atoms with Gasteiger partial charge in [-0.25, -0.2) is 0 Å². The summed E-state index contributed by atoms with van der Waals surface area (Å²) in [5, 5.41) is 0. The van der Waals surface area contributed by atoms with Crippen molar-refractivity contribution >= 4 is 22.6 Å². The Hall–Kier alpha value is -0.830. The van der Waals surface area contributed by atoms with Crippen LogP contribution >= 0.6 is 22.6 Å². The Balaban J connectivity index is 2.32. The summed E-state index contributed by atoms with van der Waals surface area (Å²) in [6.45, 7) is 2.25. The molecule has 0 nitrogen and oxygen atoms in total. The fourth-order valence-electron chi connectivity index (χ4n) is 2.19. The number of hydrogen-bond acceptors (Lipinski definition) is 0. The molecule has 0 saturated carbocycles. The van der Waals surface area contributed by atoms with Crippen LogP contribution in [0.2, 0.25) is 0 Å². The van der Waals surface area contributed by atoms with Crippen molar-refractivity contribution in [3.8, 4) is 0 Å². The van der Waals surface area contributed by atoms with Gasteiger partial charge in [0.05, 0.1) is 0 Å². The van der Waals surface area contributed by atoms with E-state index in [1.165, 1.54) is 27.5 Å². The van der Waals surface area contributed by atoms with E-state index in [9.17, 15) is 0 Å². The Morgan fingerprint density at radius 1 is 0.882 bits per heavy atom. The molecule has 1 heteroatoms. The molecule has 0 aliphatic heterocycles. The van der Waals surface area contributed by atoms with Crippen molar-refractivity contribution in [2.24, 2.45) is 0 Å². The zero-order valence-electron chi connectivity index (χ0n) is 10.1. The average molecular weight is 336 g/mol. The predicted octanol–water partition coefficient (Wildman–Crippen LogP) is 5.22. The Labute approximate surface area is 117 Å². The minimum absolute atomic E-state index is 0.540. The molecule has 2 aromatic carbocycles. The molecule has 17 heavy (non-hydrogen) atoms. The van der Waals surface area contributed by atoms with Crippen molar-refractivity contribution in [3.63, 3.8) is 0 Å². The first kappa shape index (κ1) is 12.6. The van der Waals surface area contributed by atoms with E-state index in [2.05, 4.69) is 84.1 Å². The number of halogens is 1. The molecule has 0 heterocycles. The van der Waals surface area contributed by atoms with Gasteiger partial charge in [-0.2, -0.15) is 0 Å². The van der Waals surface area contributed by atoms with E-state index in [-0.39, 0.29) is 0 Å². The van der Waals surface area contributed by atoms with Crippen LogP contribution in [-0.2, 0) is 0 Å². The SMILES string of the molecule is CCCC(c1ccccc1)c1ccc(I)cc1. The second kappa shape index (κ2) is 6.20. The number of hydrogen-bond donors (Lipinski definition) is 0. The van der Waals surface area contributed by atoms with Gasteiger partial charge in [0.25, 0.3) is 0 Å². The van der Waals surface area contributed by atoms with Crippen LogP contribution in [0.15, 0.2) is 54.6 Å². The molecule has 0 fully saturated rings. The van der Waals surface area contributed by atoms with E-state index < -0.39 is 0 Å². The summed E-state index contributed by atoms with van der Waals surface area (Å²) in [6.07, 6.45) is 2.43. The second-order valence-electron chi connectivity index (χ2n) is 4.30. The number of benzene rings is 2. The lowest BCUT2D eigenvalue weighted by atomic mass is 9.88. The van der Waals surface area contributed by atoms with Crippen LogP contribution in [0.3, 0.4) is 0 Å². The van der Waals surface area contributed by atoms with Gasteiger partial charge in [0.15, 0.2) is 0 Å². The summed E-state index contributed by atoms with van der Waals surface area (Å²) in [5.41, 5.74) is 2.86. The molecule has 0 amide bonds. The maximum Gasteiger partial charge on any atom is 0.0130 e. The summed E-state index contributed by atoms with van der Waals surface area (Å²) < 4.78 is 1.30. The molecule has 2 rings (SSSR count). The van der Waals surface area contributed by atoms with Crippen molar-refractivity contribution in [1.82, 2.24) is 0 Å². The Bertz CT molecular complexity index is 445. The van der Waals surface area contributed by atoms with E-state index >= 15 is 0 Å². The first-order valence-electron chi connectivity index (χ1n) is 6.11. The monoisotopic (exact) mass is 336 g/mol. The van der Waals surface area contributed by atoms with E-state index in [0.29, 0.717) is 5.92 Å². The molecule has 1 unspecified atom stereocenters. The molecule has 88 valence electrons. The highest BCUT2D eigenvalue weighted by Crippen LogP contribution is 2.29. The van der Waals surface area contributed by atoms with Gasteiger partial charge in [0.2, 0.25) is 0 Å². The quantitative estimate of drug-likeness (QED) is 0.671. The van der Waals surface area contributed by atoms with Gasteiger partial charge in [-0.3, -0.25) is 0 Å². The van der Waals surface area contributed by atoms with Gasteiger partial charge in [0, 0.05) is 9.49 Å². The van der Waals surface area contributed by atoms with Gasteiger partial charge in [-0.1, -0.05) is 55.8 Å². The lowest BCUT2D eigenvalue weighted by molar-refractivity contribution is 0.698.